The molecule has 3 nitrogen and oxygen atoms in total. The second-order valence-corrected chi connectivity index (χ2v) is 4.73. The third-order valence-electron chi connectivity index (χ3n) is 3.19. The first-order chi connectivity index (χ1) is 9.47. The van der Waals surface area contributed by atoms with E-state index < -0.39 is 6.43 Å². The van der Waals surface area contributed by atoms with E-state index in [0.717, 1.165) is 22.6 Å². The predicted molar refractivity (Wildman–Crippen MR) is 75.0 cm³/mol. The molecule has 1 N–H and O–H groups in total. The van der Waals surface area contributed by atoms with Gasteiger partial charge in [0.1, 0.15) is 11.6 Å². The lowest BCUT2D eigenvalue weighted by Crippen LogP contribution is -2.07. The molecule has 0 fully saturated rings. The molecule has 0 aliphatic rings. The molecular formula is C15H17F2N3. The van der Waals surface area contributed by atoms with Gasteiger partial charge in [-0.25, -0.2) is 18.7 Å². The highest BCUT2D eigenvalue weighted by Crippen LogP contribution is 2.20. The van der Waals surface area contributed by atoms with E-state index in [0.29, 0.717) is 12.4 Å². The van der Waals surface area contributed by atoms with Crippen LogP contribution < -0.4 is 5.32 Å². The number of anilines is 1. The summed E-state index contributed by atoms with van der Waals surface area (Å²) in [6.45, 7) is 6.28. The zero-order valence-electron chi connectivity index (χ0n) is 11.7. The van der Waals surface area contributed by atoms with Crippen molar-refractivity contribution in [2.75, 3.05) is 5.32 Å². The number of hydrogen-bond acceptors (Lipinski definition) is 3. The number of alkyl halides is 2. The van der Waals surface area contributed by atoms with Crippen molar-refractivity contribution >= 4 is 5.82 Å². The highest BCUT2D eigenvalue weighted by molar-refractivity contribution is 5.46. The highest BCUT2D eigenvalue weighted by atomic mass is 19.3. The normalized spacial score (nSPS) is 10.9. The van der Waals surface area contributed by atoms with Gasteiger partial charge in [-0.15, -0.1) is 0 Å². The summed E-state index contributed by atoms with van der Waals surface area (Å²) in [5.74, 6) is 1.50. The van der Waals surface area contributed by atoms with Gasteiger partial charge in [-0.2, -0.15) is 0 Å². The van der Waals surface area contributed by atoms with Crippen molar-refractivity contribution in [1.29, 1.82) is 0 Å². The Hall–Kier alpha value is -2.04. The van der Waals surface area contributed by atoms with Gasteiger partial charge in [0.2, 0.25) is 0 Å². The van der Waals surface area contributed by atoms with Gasteiger partial charge in [0.15, 0.2) is 0 Å². The predicted octanol–water partition coefficient (Wildman–Crippen LogP) is 3.95. The van der Waals surface area contributed by atoms with Crippen LogP contribution in [0.3, 0.4) is 0 Å². The summed E-state index contributed by atoms with van der Waals surface area (Å²) in [4.78, 5) is 8.64. The second-order valence-electron chi connectivity index (χ2n) is 4.73. The van der Waals surface area contributed by atoms with Gasteiger partial charge in [-0.3, -0.25) is 0 Å². The molecule has 0 radical (unpaired) electrons. The molecule has 0 amide bonds. The molecule has 20 heavy (non-hydrogen) atoms. The molecule has 2 rings (SSSR count). The van der Waals surface area contributed by atoms with E-state index in [1.807, 2.05) is 20.8 Å². The Balaban J connectivity index is 2.09. The van der Waals surface area contributed by atoms with E-state index in [-0.39, 0.29) is 5.56 Å². The van der Waals surface area contributed by atoms with E-state index in [1.165, 1.54) is 12.1 Å². The first kappa shape index (κ1) is 14.4. The highest BCUT2D eigenvalue weighted by Gasteiger charge is 2.07. The van der Waals surface area contributed by atoms with Gasteiger partial charge < -0.3 is 5.32 Å². The summed E-state index contributed by atoms with van der Waals surface area (Å²) >= 11 is 0. The fourth-order valence-corrected chi connectivity index (χ4v) is 1.91. The van der Waals surface area contributed by atoms with Crippen molar-refractivity contribution in [2.45, 2.75) is 33.7 Å². The summed E-state index contributed by atoms with van der Waals surface area (Å²) in [5, 5.41) is 3.22. The van der Waals surface area contributed by atoms with E-state index in [9.17, 15) is 8.78 Å². The summed E-state index contributed by atoms with van der Waals surface area (Å²) < 4.78 is 24.9. The van der Waals surface area contributed by atoms with Gasteiger partial charge >= 0.3 is 0 Å². The second kappa shape index (κ2) is 5.94. The molecule has 1 heterocycles. The van der Waals surface area contributed by atoms with Gasteiger partial charge in [0.25, 0.3) is 6.43 Å². The molecule has 0 atom stereocenters. The van der Waals surface area contributed by atoms with E-state index >= 15 is 0 Å². The topological polar surface area (TPSA) is 37.8 Å². The first-order valence-electron chi connectivity index (χ1n) is 6.40. The molecule has 0 spiro atoms. The minimum absolute atomic E-state index is 0.0404. The van der Waals surface area contributed by atoms with Crippen molar-refractivity contribution < 1.29 is 8.78 Å². The quantitative estimate of drug-likeness (QED) is 0.919. The number of halogens is 2. The van der Waals surface area contributed by atoms with Crippen molar-refractivity contribution in [3.63, 3.8) is 0 Å². The molecule has 0 aliphatic heterocycles. The maximum atomic E-state index is 12.5. The lowest BCUT2D eigenvalue weighted by Gasteiger charge is -2.11. The molecule has 0 unspecified atom stereocenters. The van der Waals surface area contributed by atoms with Crippen molar-refractivity contribution in [3.8, 4) is 0 Å². The van der Waals surface area contributed by atoms with Gasteiger partial charge in [-0.1, -0.05) is 24.3 Å². The number of hydrogen-bond donors (Lipinski definition) is 1. The van der Waals surface area contributed by atoms with Crippen LogP contribution in [0.25, 0.3) is 0 Å². The molecule has 106 valence electrons. The van der Waals surface area contributed by atoms with Gasteiger partial charge in [0, 0.05) is 23.4 Å². The van der Waals surface area contributed by atoms with Crippen molar-refractivity contribution in [1.82, 2.24) is 9.97 Å². The smallest absolute Gasteiger partial charge is 0.263 e. The maximum Gasteiger partial charge on any atom is 0.263 e. The van der Waals surface area contributed by atoms with Crippen molar-refractivity contribution in [3.05, 3.63) is 52.5 Å². The fourth-order valence-electron chi connectivity index (χ4n) is 1.91. The minimum atomic E-state index is -2.42. The molecule has 5 heteroatoms. The summed E-state index contributed by atoms with van der Waals surface area (Å²) in [5.41, 5.74) is 2.91. The average molecular weight is 277 g/mol. The Morgan fingerprint density at radius 3 is 2.30 bits per heavy atom. The number of nitrogens with zero attached hydrogens (tertiary/aromatic N) is 2. The molecule has 0 saturated heterocycles. The first-order valence-corrected chi connectivity index (χ1v) is 6.40. The van der Waals surface area contributed by atoms with Crippen molar-refractivity contribution in [2.24, 2.45) is 0 Å². The third kappa shape index (κ3) is 3.29. The summed E-state index contributed by atoms with van der Waals surface area (Å²) in [6.07, 6.45) is -2.42. The largest absolute Gasteiger partial charge is 0.366 e. The van der Waals surface area contributed by atoms with E-state index in [1.54, 1.807) is 12.1 Å². The van der Waals surface area contributed by atoms with E-state index in [4.69, 9.17) is 0 Å². The van der Waals surface area contributed by atoms with Crippen LogP contribution in [0, 0.1) is 20.8 Å². The summed E-state index contributed by atoms with van der Waals surface area (Å²) in [7, 11) is 0. The lowest BCUT2D eigenvalue weighted by molar-refractivity contribution is 0.151. The Labute approximate surface area is 117 Å². The summed E-state index contributed by atoms with van der Waals surface area (Å²) in [6, 6.07) is 6.30. The average Bonchev–Trinajstić information content (AvgIpc) is 2.41. The van der Waals surface area contributed by atoms with Crippen LogP contribution in [-0.4, -0.2) is 9.97 Å². The third-order valence-corrected chi connectivity index (χ3v) is 3.19. The number of rotatable bonds is 4. The molecule has 0 bridgehead atoms. The van der Waals surface area contributed by atoms with Crippen LogP contribution in [0.15, 0.2) is 24.3 Å². The molecule has 0 saturated carbocycles. The Kier molecular flexibility index (Phi) is 4.27. The van der Waals surface area contributed by atoms with Crippen LogP contribution in [0.1, 0.15) is 34.6 Å². The van der Waals surface area contributed by atoms with Crippen LogP contribution in [0.5, 0.6) is 0 Å². The monoisotopic (exact) mass is 277 g/mol. The zero-order valence-corrected chi connectivity index (χ0v) is 11.7. The lowest BCUT2D eigenvalue weighted by atomic mass is 10.1. The number of aromatic nitrogens is 2. The van der Waals surface area contributed by atoms with Crippen LogP contribution in [-0.2, 0) is 6.54 Å². The van der Waals surface area contributed by atoms with Crippen LogP contribution in [0.2, 0.25) is 0 Å². The van der Waals surface area contributed by atoms with Crippen LogP contribution in [0.4, 0.5) is 14.6 Å². The SMILES string of the molecule is Cc1nc(C)c(C)c(NCc2ccc(C(F)F)cc2)n1. The Morgan fingerprint density at radius 2 is 1.70 bits per heavy atom. The molecule has 1 aromatic heterocycles. The molecule has 1 aromatic carbocycles. The standard InChI is InChI=1S/C15H17F2N3/c1-9-10(2)19-11(3)20-15(9)18-8-12-4-6-13(7-5-12)14(16)17/h4-7,14H,8H2,1-3H3,(H,18,19,20). The van der Waals surface area contributed by atoms with Crippen LogP contribution >= 0.6 is 0 Å². The zero-order chi connectivity index (χ0) is 14.7. The Morgan fingerprint density at radius 1 is 1.05 bits per heavy atom. The Bertz CT molecular complexity index is 595. The van der Waals surface area contributed by atoms with Gasteiger partial charge in [0.05, 0.1) is 0 Å². The number of benzene rings is 1. The van der Waals surface area contributed by atoms with Gasteiger partial charge in [-0.05, 0) is 26.3 Å². The number of nitrogens with one attached hydrogen (secondary N) is 1. The maximum absolute atomic E-state index is 12.5. The molecular weight excluding hydrogens is 260 g/mol. The molecule has 2 aromatic rings. The number of aryl methyl sites for hydroxylation is 2. The van der Waals surface area contributed by atoms with E-state index in [2.05, 4.69) is 15.3 Å². The fraction of sp³-hybridized carbons (Fsp3) is 0.333. The molecule has 0 aliphatic carbocycles. The minimum Gasteiger partial charge on any atom is -0.366 e.